The lowest BCUT2D eigenvalue weighted by Gasteiger charge is -2.45. The van der Waals surface area contributed by atoms with Crippen molar-refractivity contribution in [1.82, 2.24) is 15.1 Å². The summed E-state index contributed by atoms with van der Waals surface area (Å²) < 4.78 is 5.57. The van der Waals surface area contributed by atoms with E-state index in [0.29, 0.717) is 18.4 Å². The molecule has 2 aromatic rings. The summed E-state index contributed by atoms with van der Waals surface area (Å²) in [6.45, 7) is 6.85. The van der Waals surface area contributed by atoms with Gasteiger partial charge in [-0.2, -0.15) is 0 Å². The zero-order chi connectivity index (χ0) is 20.1. The van der Waals surface area contributed by atoms with Crippen LogP contribution >= 0.6 is 0 Å². The van der Waals surface area contributed by atoms with Gasteiger partial charge in [0.15, 0.2) is 0 Å². The molecule has 5 nitrogen and oxygen atoms in total. The van der Waals surface area contributed by atoms with Gasteiger partial charge in [-0.3, -0.25) is 14.6 Å². The molecule has 156 valence electrons. The summed E-state index contributed by atoms with van der Waals surface area (Å²) in [6, 6.07) is 15.8. The van der Waals surface area contributed by atoms with Gasteiger partial charge in [-0.25, -0.2) is 0 Å². The minimum atomic E-state index is 0.150. The molecule has 2 fully saturated rings. The van der Waals surface area contributed by atoms with Gasteiger partial charge in [0.05, 0.1) is 13.2 Å². The average Bonchev–Trinajstić information content (AvgIpc) is 2.78. The minimum Gasteiger partial charge on any atom is -0.379 e. The lowest BCUT2D eigenvalue weighted by molar-refractivity contribution is -0.121. The van der Waals surface area contributed by atoms with Crippen molar-refractivity contribution in [2.75, 3.05) is 46.4 Å². The Morgan fingerprint density at radius 1 is 1.10 bits per heavy atom. The largest absolute Gasteiger partial charge is 0.379 e. The molecule has 2 heterocycles. The van der Waals surface area contributed by atoms with E-state index in [4.69, 9.17) is 4.74 Å². The number of rotatable bonds is 6. The Hall–Kier alpha value is -1.95. The molecule has 0 spiro atoms. The zero-order valence-electron chi connectivity index (χ0n) is 17.5. The number of hydrogen-bond acceptors (Lipinski definition) is 4. The number of benzene rings is 2. The van der Waals surface area contributed by atoms with E-state index in [1.165, 1.54) is 22.8 Å². The highest BCUT2D eigenvalue weighted by molar-refractivity contribution is 5.85. The molecule has 0 saturated carbocycles. The Labute approximate surface area is 174 Å². The van der Waals surface area contributed by atoms with Crippen LogP contribution in [0.3, 0.4) is 0 Å². The third-order valence-corrected chi connectivity index (χ3v) is 6.59. The molecule has 2 aliphatic heterocycles. The van der Waals surface area contributed by atoms with Crippen LogP contribution in [0.4, 0.5) is 0 Å². The number of hydrogen-bond donors (Lipinski definition) is 1. The topological polar surface area (TPSA) is 44.8 Å². The van der Waals surface area contributed by atoms with E-state index < -0.39 is 0 Å². The Morgan fingerprint density at radius 3 is 2.72 bits per heavy atom. The van der Waals surface area contributed by atoms with Gasteiger partial charge in [0.1, 0.15) is 0 Å². The molecule has 4 rings (SSSR count). The number of morpholine rings is 1. The van der Waals surface area contributed by atoms with Crippen molar-refractivity contribution in [3.63, 3.8) is 0 Å². The highest BCUT2D eigenvalue weighted by Gasteiger charge is 2.34. The number of carbonyl (C=O) groups excluding carboxylic acids is 1. The van der Waals surface area contributed by atoms with Crippen molar-refractivity contribution in [1.29, 1.82) is 0 Å². The van der Waals surface area contributed by atoms with Gasteiger partial charge in [0, 0.05) is 45.7 Å². The first kappa shape index (κ1) is 20.3. The fraction of sp³-hybridized carbons (Fsp3) is 0.542. The molecule has 1 amide bonds. The number of amides is 1. The first-order chi connectivity index (χ1) is 14.2. The summed E-state index contributed by atoms with van der Waals surface area (Å²) in [5, 5.41) is 5.45. The Kier molecular flexibility index (Phi) is 6.80. The lowest BCUT2D eigenvalue weighted by atomic mass is 9.86. The Balaban J connectivity index is 1.47. The van der Waals surface area contributed by atoms with E-state index in [9.17, 15) is 4.79 Å². The highest BCUT2D eigenvalue weighted by atomic mass is 16.5. The molecule has 0 radical (unpaired) electrons. The summed E-state index contributed by atoms with van der Waals surface area (Å²) in [5.41, 5.74) is 1.40. The van der Waals surface area contributed by atoms with Gasteiger partial charge >= 0.3 is 0 Å². The van der Waals surface area contributed by atoms with Crippen molar-refractivity contribution in [3.05, 3.63) is 48.0 Å². The summed E-state index contributed by atoms with van der Waals surface area (Å²) in [7, 11) is 1.73. The number of nitrogens with one attached hydrogen (secondary N) is 1. The predicted molar refractivity (Wildman–Crippen MR) is 117 cm³/mol. The van der Waals surface area contributed by atoms with Gasteiger partial charge in [-0.1, -0.05) is 42.5 Å². The molecular formula is C24H33N3O2. The monoisotopic (exact) mass is 395 g/mol. The van der Waals surface area contributed by atoms with Crippen LogP contribution in [0.25, 0.3) is 10.8 Å². The molecule has 2 saturated heterocycles. The zero-order valence-corrected chi connectivity index (χ0v) is 17.5. The number of likely N-dealkylation sites (tertiary alicyclic amines) is 1. The van der Waals surface area contributed by atoms with Crippen LogP contribution in [-0.2, 0) is 16.1 Å². The normalized spacial score (nSPS) is 23.9. The van der Waals surface area contributed by atoms with E-state index in [1.807, 2.05) is 0 Å². The smallest absolute Gasteiger partial charge is 0.219 e. The molecule has 0 aromatic heterocycles. The van der Waals surface area contributed by atoms with Gasteiger partial charge in [0.2, 0.25) is 5.91 Å². The number of nitrogens with zero attached hydrogens (tertiary/aromatic N) is 2. The number of fused-ring (bicyclic) bond motifs is 1. The van der Waals surface area contributed by atoms with Gasteiger partial charge < -0.3 is 10.1 Å². The maximum Gasteiger partial charge on any atom is 0.219 e. The van der Waals surface area contributed by atoms with E-state index in [0.717, 1.165) is 52.4 Å². The maximum absolute atomic E-state index is 11.9. The molecule has 2 aromatic carbocycles. The van der Waals surface area contributed by atoms with E-state index in [1.54, 1.807) is 7.05 Å². The van der Waals surface area contributed by atoms with Crippen LogP contribution in [0.1, 0.15) is 24.8 Å². The third-order valence-electron chi connectivity index (χ3n) is 6.59. The molecule has 2 aliphatic rings. The molecule has 1 N–H and O–H groups in total. The summed E-state index contributed by atoms with van der Waals surface area (Å²) in [6.07, 6.45) is 2.74. The first-order valence-electron chi connectivity index (χ1n) is 11.0. The quantitative estimate of drug-likeness (QED) is 0.817. The van der Waals surface area contributed by atoms with Gasteiger partial charge in [-0.15, -0.1) is 0 Å². The lowest BCUT2D eigenvalue weighted by Crippen LogP contribution is -2.54. The number of carbonyl (C=O) groups is 1. The Bertz CT molecular complexity index is 813. The SMILES string of the molecule is CNC(=O)CC[C@H]1CN(Cc2cccc3ccccc23)CC[C@H]1N1CCOCC1. The molecular weight excluding hydrogens is 362 g/mol. The molecule has 2 atom stereocenters. The fourth-order valence-electron chi connectivity index (χ4n) is 5.03. The molecule has 0 aliphatic carbocycles. The van der Waals surface area contributed by atoms with E-state index in [-0.39, 0.29) is 5.91 Å². The third kappa shape index (κ3) is 4.97. The summed E-state index contributed by atoms with van der Waals surface area (Å²) in [5.74, 6) is 0.672. The van der Waals surface area contributed by atoms with Crippen molar-refractivity contribution in [2.24, 2.45) is 5.92 Å². The summed E-state index contributed by atoms with van der Waals surface area (Å²) in [4.78, 5) is 17.1. The number of piperidine rings is 1. The highest BCUT2D eigenvalue weighted by Crippen LogP contribution is 2.29. The van der Waals surface area contributed by atoms with Crippen LogP contribution in [0.5, 0.6) is 0 Å². The average molecular weight is 396 g/mol. The molecule has 0 unspecified atom stereocenters. The van der Waals surface area contributed by atoms with E-state index in [2.05, 4.69) is 57.6 Å². The predicted octanol–water partition coefficient (Wildman–Crippen LogP) is 2.89. The molecule has 29 heavy (non-hydrogen) atoms. The van der Waals surface area contributed by atoms with Crippen molar-refractivity contribution < 1.29 is 9.53 Å². The van der Waals surface area contributed by atoms with Crippen LogP contribution in [0, 0.1) is 5.92 Å². The van der Waals surface area contributed by atoms with Crippen LogP contribution in [0.15, 0.2) is 42.5 Å². The summed E-state index contributed by atoms with van der Waals surface area (Å²) >= 11 is 0. The molecule has 5 heteroatoms. The van der Waals surface area contributed by atoms with Crippen LogP contribution in [-0.4, -0.2) is 68.2 Å². The second kappa shape index (κ2) is 9.70. The van der Waals surface area contributed by atoms with Crippen molar-refractivity contribution in [2.45, 2.75) is 31.8 Å². The second-order valence-corrected chi connectivity index (χ2v) is 8.35. The Morgan fingerprint density at radius 2 is 1.90 bits per heavy atom. The molecule has 0 bridgehead atoms. The fourth-order valence-corrected chi connectivity index (χ4v) is 5.03. The van der Waals surface area contributed by atoms with Crippen LogP contribution in [0.2, 0.25) is 0 Å². The maximum atomic E-state index is 11.9. The van der Waals surface area contributed by atoms with Crippen molar-refractivity contribution in [3.8, 4) is 0 Å². The van der Waals surface area contributed by atoms with Gasteiger partial charge in [-0.05, 0) is 41.6 Å². The van der Waals surface area contributed by atoms with E-state index >= 15 is 0 Å². The van der Waals surface area contributed by atoms with Crippen molar-refractivity contribution >= 4 is 16.7 Å². The first-order valence-corrected chi connectivity index (χ1v) is 11.0. The second-order valence-electron chi connectivity index (χ2n) is 8.35. The number of ether oxygens (including phenoxy) is 1. The minimum absolute atomic E-state index is 0.150. The van der Waals surface area contributed by atoms with Crippen LogP contribution < -0.4 is 5.32 Å². The van der Waals surface area contributed by atoms with Gasteiger partial charge in [0.25, 0.3) is 0 Å². The standard InChI is InChI=1S/C24H33N3O2/c1-25-24(28)10-9-21-18-26(12-11-23(21)27-13-15-29-16-14-27)17-20-7-4-6-19-5-2-3-8-22(19)20/h2-8,21,23H,9-18H2,1H3,(H,25,28)/t21-,23+/m0/s1.